The Hall–Kier alpha value is -2.68. The molecule has 0 atom stereocenters. The average molecular weight is 428 g/mol. The number of amides is 2. The van der Waals surface area contributed by atoms with E-state index in [1.165, 1.54) is 0 Å². The van der Waals surface area contributed by atoms with Crippen LogP contribution in [0.1, 0.15) is 12.8 Å². The molecule has 3 aromatic heterocycles. The largest absolute Gasteiger partial charge is 0.369 e. The molecule has 1 aliphatic carbocycles. The predicted octanol–water partition coefficient (Wildman–Crippen LogP) is 2.91. The van der Waals surface area contributed by atoms with Crippen molar-refractivity contribution in [3.8, 4) is 0 Å². The van der Waals surface area contributed by atoms with E-state index in [9.17, 15) is 4.79 Å². The van der Waals surface area contributed by atoms with Crippen LogP contribution in [-0.2, 0) is 0 Å². The molecule has 2 amide bonds. The van der Waals surface area contributed by atoms with Crippen LogP contribution in [0.3, 0.4) is 0 Å². The number of aromatic amines is 1. The van der Waals surface area contributed by atoms with Gasteiger partial charge >= 0.3 is 6.03 Å². The van der Waals surface area contributed by atoms with Crippen molar-refractivity contribution in [1.29, 1.82) is 0 Å². The molecule has 8 nitrogen and oxygen atoms in total. The first kappa shape index (κ1) is 16.5. The van der Waals surface area contributed by atoms with Gasteiger partial charge in [-0.3, -0.25) is 10.4 Å². The molecule has 3 N–H and O–H groups in total. The molecule has 138 valence electrons. The zero-order chi connectivity index (χ0) is 18.4. The number of rotatable bonds is 3. The van der Waals surface area contributed by atoms with Crippen LogP contribution in [0.2, 0.25) is 0 Å². The van der Waals surface area contributed by atoms with E-state index in [0.717, 1.165) is 47.1 Å². The van der Waals surface area contributed by atoms with Gasteiger partial charge in [0.2, 0.25) is 0 Å². The Morgan fingerprint density at radius 2 is 2.11 bits per heavy atom. The number of halogens is 1. The maximum Gasteiger partial charge on any atom is 0.320 e. The number of carbonyl (C=O) groups is 1. The number of anilines is 2. The highest BCUT2D eigenvalue weighted by Crippen LogP contribution is 2.49. The van der Waals surface area contributed by atoms with Gasteiger partial charge in [0.15, 0.2) is 5.65 Å². The van der Waals surface area contributed by atoms with Crippen LogP contribution in [-0.4, -0.2) is 45.3 Å². The second kappa shape index (κ2) is 6.19. The van der Waals surface area contributed by atoms with Crippen molar-refractivity contribution < 1.29 is 4.79 Å². The lowest BCUT2D eigenvalue weighted by atomic mass is 9.60. The van der Waals surface area contributed by atoms with E-state index >= 15 is 0 Å². The van der Waals surface area contributed by atoms with Gasteiger partial charge in [-0.2, -0.15) is 5.10 Å². The van der Waals surface area contributed by atoms with Crippen LogP contribution in [0.15, 0.2) is 41.3 Å². The van der Waals surface area contributed by atoms with Crippen LogP contribution in [0.25, 0.3) is 11.0 Å². The fraction of sp³-hybridized carbons (Fsp3) is 0.333. The van der Waals surface area contributed by atoms with Gasteiger partial charge in [0.25, 0.3) is 0 Å². The Bertz CT molecular complexity index is 1010. The molecule has 27 heavy (non-hydrogen) atoms. The highest BCUT2D eigenvalue weighted by Gasteiger charge is 2.52. The molecule has 0 bridgehead atoms. The molecule has 4 heterocycles. The van der Waals surface area contributed by atoms with Gasteiger partial charge < -0.3 is 10.2 Å². The zero-order valence-corrected chi connectivity index (χ0v) is 16.0. The van der Waals surface area contributed by atoms with Crippen molar-refractivity contribution in [1.82, 2.24) is 25.5 Å². The minimum Gasteiger partial charge on any atom is -0.369 e. The van der Waals surface area contributed by atoms with Gasteiger partial charge in [0.1, 0.15) is 5.82 Å². The Morgan fingerprint density at radius 3 is 2.93 bits per heavy atom. The fourth-order valence-electron chi connectivity index (χ4n) is 4.10. The third-order valence-electron chi connectivity index (χ3n) is 5.35. The molecule has 0 aromatic carbocycles. The summed E-state index contributed by atoms with van der Waals surface area (Å²) in [6.45, 7) is 2.01. The molecule has 1 aliphatic heterocycles. The molecule has 2 fully saturated rings. The molecule has 0 radical (unpaired) electrons. The summed E-state index contributed by atoms with van der Waals surface area (Å²) in [4.78, 5) is 23.0. The number of fused-ring (bicyclic) bond motifs is 1. The standard InChI is InChI=1S/C18H18BrN7O/c19-12-1-2-20-15(4-12)24-17(27)23-13-5-18(6-13)9-26(10-18)14-3-11-7-22-25-16(11)21-8-14/h1-4,7-8,13H,5-6,9-10H2,(H,21,22,25)(H2,20,23,24,27). The fourth-order valence-corrected chi connectivity index (χ4v) is 4.44. The third-order valence-corrected chi connectivity index (χ3v) is 5.85. The van der Waals surface area contributed by atoms with E-state index in [2.05, 4.69) is 57.7 Å². The van der Waals surface area contributed by atoms with Gasteiger partial charge in [-0.1, -0.05) is 15.9 Å². The SMILES string of the molecule is O=C(Nc1cc(Br)ccn1)NC1CC2(C1)CN(c1cnc3[nH]ncc3c1)C2. The summed E-state index contributed by atoms with van der Waals surface area (Å²) in [6, 6.07) is 5.73. The Morgan fingerprint density at radius 1 is 1.26 bits per heavy atom. The van der Waals surface area contributed by atoms with E-state index in [4.69, 9.17) is 0 Å². The number of nitrogens with zero attached hydrogens (tertiary/aromatic N) is 4. The highest BCUT2D eigenvalue weighted by molar-refractivity contribution is 9.10. The molecular formula is C18H18BrN7O. The van der Waals surface area contributed by atoms with Crippen molar-refractivity contribution in [2.24, 2.45) is 5.41 Å². The molecule has 1 saturated carbocycles. The Labute approximate surface area is 163 Å². The van der Waals surface area contributed by atoms with Gasteiger partial charge in [-0.05, 0) is 31.0 Å². The summed E-state index contributed by atoms with van der Waals surface area (Å²) < 4.78 is 0.882. The molecule has 9 heteroatoms. The monoisotopic (exact) mass is 427 g/mol. The van der Waals surface area contributed by atoms with Crippen LogP contribution in [0, 0.1) is 5.41 Å². The Balaban J connectivity index is 1.12. The normalized spacial score (nSPS) is 18.2. The van der Waals surface area contributed by atoms with Crippen LogP contribution in [0.5, 0.6) is 0 Å². The summed E-state index contributed by atoms with van der Waals surface area (Å²) in [7, 11) is 0. The summed E-state index contributed by atoms with van der Waals surface area (Å²) in [5, 5.41) is 13.7. The first-order valence-electron chi connectivity index (χ1n) is 8.82. The topological polar surface area (TPSA) is 98.8 Å². The van der Waals surface area contributed by atoms with E-state index in [-0.39, 0.29) is 12.1 Å². The van der Waals surface area contributed by atoms with Crippen LogP contribution < -0.4 is 15.5 Å². The molecule has 0 unspecified atom stereocenters. The highest BCUT2D eigenvalue weighted by atomic mass is 79.9. The van der Waals surface area contributed by atoms with Crippen molar-refractivity contribution in [2.75, 3.05) is 23.3 Å². The summed E-state index contributed by atoms with van der Waals surface area (Å²) in [5.41, 5.74) is 2.26. The Kier molecular flexibility index (Phi) is 3.78. The predicted molar refractivity (Wildman–Crippen MR) is 106 cm³/mol. The van der Waals surface area contributed by atoms with Crippen molar-refractivity contribution in [2.45, 2.75) is 18.9 Å². The van der Waals surface area contributed by atoms with Crippen molar-refractivity contribution >= 4 is 44.5 Å². The number of urea groups is 1. The van der Waals surface area contributed by atoms with Crippen molar-refractivity contribution in [3.05, 3.63) is 41.3 Å². The quantitative estimate of drug-likeness (QED) is 0.596. The first-order chi connectivity index (χ1) is 13.1. The van der Waals surface area contributed by atoms with Gasteiger partial charge in [-0.25, -0.2) is 14.8 Å². The molecular weight excluding hydrogens is 410 g/mol. The zero-order valence-electron chi connectivity index (χ0n) is 14.4. The number of pyridine rings is 2. The minimum absolute atomic E-state index is 0.203. The number of hydrogen-bond acceptors (Lipinski definition) is 5. The summed E-state index contributed by atoms with van der Waals surface area (Å²) >= 11 is 3.37. The van der Waals surface area contributed by atoms with E-state index in [1.807, 2.05) is 12.3 Å². The van der Waals surface area contributed by atoms with Crippen LogP contribution >= 0.6 is 15.9 Å². The number of carbonyl (C=O) groups excluding carboxylic acids is 1. The maximum absolute atomic E-state index is 12.1. The lowest BCUT2D eigenvalue weighted by Crippen LogP contribution is -2.67. The minimum atomic E-state index is -0.203. The molecule has 2 aliphatic rings. The molecule has 3 aromatic rings. The van der Waals surface area contributed by atoms with Gasteiger partial charge in [-0.15, -0.1) is 0 Å². The van der Waals surface area contributed by atoms with E-state index in [0.29, 0.717) is 11.2 Å². The lowest BCUT2D eigenvalue weighted by Gasteiger charge is -2.59. The summed E-state index contributed by atoms with van der Waals surface area (Å²) in [6.07, 6.45) is 7.34. The number of hydrogen-bond donors (Lipinski definition) is 3. The molecule has 1 spiro atoms. The lowest BCUT2D eigenvalue weighted by molar-refractivity contribution is 0.0541. The van der Waals surface area contributed by atoms with Gasteiger partial charge in [0, 0.05) is 40.6 Å². The third kappa shape index (κ3) is 3.12. The van der Waals surface area contributed by atoms with Crippen LogP contribution in [0.4, 0.5) is 16.3 Å². The number of nitrogens with one attached hydrogen (secondary N) is 3. The van der Waals surface area contributed by atoms with Crippen molar-refractivity contribution in [3.63, 3.8) is 0 Å². The summed E-state index contributed by atoms with van der Waals surface area (Å²) in [5.74, 6) is 0.535. The second-order valence-electron chi connectivity index (χ2n) is 7.42. The smallest absolute Gasteiger partial charge is 0.320 e. The molecule has 5 rings (SSSR count). The average Bonchev–Trinajstić information content (AvgIpc) is 3.03. The number of aromatic nitrogens is 4. The number of H-pyrrole nitrogens is 1. The molecule has 1 saturated heterocycles. The maximum atomic E-state index is 12.1. The van der Waals surface area contributed by atoms with E-state index in [1.54, 1.807) is 18.5 Å². The first-order valence-corrected chi connectivity index (χ1v) is 9.61. The van der Waals surface area contributed by atoms with E-state index < -0.39 is 0 Å². The second-order valence-corrected chi connectivity index (χ2v) is 8.34. The van der Waals surface area contributed by atoms with Gasteiger partial charge in [0.05, 0.1) is 18.1 Å².